The molecule has 0 atom stereocenters. The number of anilines is 1. The van der Waals surface area contributed by atoms with Crippen LogP contribution >= 0.6 is 0 Å². The molecule has 0 unspecified atom stereocenters. The van der Waals surface area contributed by atoms with E-state index < -0.39 is 0 Å². The van der Waals surface area contributed by atoms with Crippen molar-refractivity contribution in [2.45, 2.75) is 31.8 Å². The van der Waals surface area contributed by atoms with Gasteiger partial charge in [0.2, 0.25) is 5.95 Å². The van der Waals surface area contributed by atoms with Gasteiger partial charge < -0.3 is 14.6 Å². The number of pyridine rings is 1. The molecule has 5 aromatic rings. The van der Waals surface area contributed by atoms with Crippen molar-refractivity contribution in [1.29, 1.82) is 0 Å². The number of nitrogens with zero attached hydrogens (tertiary/aromatic N) is 4. The summed E-state index contributed by atoms with van der Waals surface area (Å²) < 4.78 is 21.0. The second-order valence-corrected chi connectivity index (χ2v) is 9.60. The van der Waals surface area contributed by atoms with Crippen LogP contribution < -0.4 is 10.9 Å². The van der Waals surface area contributed by atoms with Crippen molar-refractivity contribution < 1.29 is 8.81 Å². The second kappa shape index (κ2) is 10.1. The number of fused-ring (bicyclic) bond motifs is 2. The molecule has 0 spiro atoms. The van der Waals surface area contributed by atoms with Crippen molar-refractivity contribution >= 4 is 28.1 Å². The number of halogens is 1. The lowest BCUT2D eigenvalue weighted by Gasteiger charge is -2.32. The van der Waals surface area contributed by atoms with Crippen LogP contribution in [0.2, 0.25) is 0 Å². The van der Waals surface area contributed by atoms with E-state index in [1.54, 1.807) is 18.3 Å². The molecule has 0 aliphatic carbocycles. The van der Waals surface area contributed by atoms with Crippen molar-refractivity contribution in [2.24, 2.45) is 0 Å². The summed E-state index contributed by atoms with van der Waals surface area (Å²) in [6.07, 6.45) is 4.38. The molecule has 37 heavy (non-hydrogen) atoms. The first-order chi connectivity index (χ1) is 18.1. The summed E-state index contributed by atoms with van der Waals surface area (Å²) in [5, 5.41) is 4.60. The number of piperidine rings is 1. The van der Waals surface area contributed by atoms with Crippen LogP contribution in [0.25, 0.3) is 22.1 Å². The summed E-state index contributed by atoms with van der Waals surface area (Å²) in [5.74, 6) is 0.536. The van der Waals surface area contributed by atoms with Crippen molar-refractivity contribution in [3.63, 3.8) is 0 Å². The third-order valence-corrected chi connectivity index (χ3v) is 7.09. The van der Waals surface area contributed by atoms with Gasteiger partial charge in [-0.25, -0.2) is 19.2 Å². The van der Waals surface area contributed by atoms with E-state index >= 15 is 0 Å². The Labute approximate surface area is 213 Å². The molecule has 1 aliphatic heterocycles. The smallest absolute Gasteiger partial charge is 0.339 e. The zero-order chi connectivity index (χ0) is 25.2. The van der Waals surface area contributed by atoms with Gasteiger partial charge in [0.25, 0.3) is 0 Å². The van der Waals surface area contributed by atoms with Crippen molar-refractivity contribution in [3.05, 3.63) is 100 Å². The highest BCUT2D eigenvalue weighted by atomic mass is 19.1. The van der Waals surface area contributed by atoms with Crippen LogP contribution in [0.5, 0.6) is 0 Å². The van der Waals surface area contributed by atoms with E-state index in [9.17, 15) is 9.18 Å². The molecular formula is C29H28FN5O2. The first-order valence-electron chi connectivity index (χ1n) is 12.7. The maximum absolute atomic E-state index is 13.4. The van der Waals surface area contributed by atoms with E-state index in [0.717, 1.165) is 66.1 Å². The maximum atomic E-state index is 13.4. The van der Waals surface area contributed by atoms with Crippen LogP contribution in [0.15, 0.2) is 82.1 Å². The Morgan fingerprint density at radius 3 is 2.68 bits per heavy atom. The first-order valence-corrected chi connectivity index (χ1v) is 12.7. The third kappa shape index (κ3) is 5.11. The predicted molar refractivity (Wildman–Crippen MR) is 142 cm³/mol. The van der Waals surface area contributed by atoms with Gasteiger partial charge in [-0.1, -0.05) is 30.3 Å². The molecule has 1 saturated heterocycles. The molecule has 0 bridgehead atoms. The molecule has 3 aromatic heterocycles. The van der Waals surface area contributed by atoms with Crippen LogP contribution in [0.3, 0.4) is 0 Å². The second-order valence-electron chi connectivity index (χ2n) is 9.60. The fraction of sp³-hybridized carbons (Fsp3) is 0.276. The quantitative estimate of drug-likeness (QED) is 0.324. The molecule has 1 fully saturated rings. The number of rotatable bonds is 7. The topological polar surface area (TPSA) is 76.2 Å². The standard InChI is InChI=1S/C29H28FN5O2/c30-23-9-7-20(8-10-23)19-35-27-25(5-3-14-31-27)33-29(35)32-24-12-16-34(17-13-24)15-11-22-18-21-4-1-2-6-26(21)37-28(22)36/h1-10,14,18,24H,11-13,15-17,19H2,(H,32,33). The Balaban J connectivity index is 1.10. The van der Waals surface area contributed by atoms with Gasteiger partial charge in [-0.3, -0.25) is 4.57 Å². The number of para-hydroxylation sites is 1. The average Bonchev–Trinajstić information content (AvgIpc) is 3.26. The first kappa shape index (κ1) is 23.4. The molecule has 2 aromatic carbocycles. The summed E-state index contributed by atoms with van der Waals surface area (Å²) in [6.45, 7) is 3.26. The lowest BCUT2D eigenvalue weighted by atomic mass is 10.0. The molecule has 6 rings (SSSR count). The van der Waals surface area contributed by atoms with E-state index in [0.29, 0.717) is 18.5 Å². The highest BCUT2D eigenvalue weighted by molar-refractivity contribution is 5.76. The minimum Gasteiger partial charge on any atom is -0.423 e. The van der Waals surface area contributed by atoms with Gasteiger partial charge in [0.15, 0.2) is 5.65 Å². The van der Waals surface area contributed by atoms with E-state index in [-0.39, 0.29) is 17.5 Å². The molecule has 4 heterocycles. The molecule has 0 amide bonds. The van der Waals surface area contributed by atoms with Gasteiger partial charge in [0.1, 0.15) is 16.9 Å². The molecule has 8 heteroatoms. The van der Waals surface area contributed by atoms with Gasteiger partial charge in [0, 0.05) is 42.8 Å². The number of benzene rings is 2. The Bertz CT molecular complexity index is 1590. The van der Waals surface area contributed by atoms with Crippen molar-refractivity contribution in [1.82, 2.24) is 19.4 Å². The van der Waals surface area contributed by atoms with Gasteiger partial charge in [-0.2, -0.15) is 0 Å². The van der Waals surface area contributed by atoms with Crippen LogP contribution in [-0.4, -0.2) is 45.1 Å². The predicted octanol–water partition coefficient (Wildman–Crippen LogP) is 4.84. The van der Waals surface area contributed by atoms with Crippen LogP contribution in [0.4, 0.5) is 10.3 Å². The van der Waals surface area contributed by atoms with E-state index in [4.69, 9.17) is 9.40 Å². The number of nitrogens with one attached hydrogen (secondary N) is 1. The minimum absolute atomic E-state index is 0.246. The number of hydrogen-bond donors (Lipinski definition) is 1. The Kier molecular flexibility index (Phi) is 6.40. The van der Waals surface area contributed by atoms with E-state index in [1.807, 2.05) is 42.5 Å². The molecule has 1 N–H and O–H groups in total. The highest BCUT2D eigenvalue weighted by Crippen LogP contribution is 2.23. The number of aromatic nitrogens is 3. The monoisotopic (exact) mass is 497 g/mol. The lowest BCUT2D eigenvalue weighted by molar-refractivity contribution is 0.220. The van der Waals surface area contributed by atoms with E-state index in [2.05, 4.69) is 19.8 Å². The Morgan fingerprint density at radius 2 is 1.84 bits per heavy atom. The maximum Gasteiger partial charge on any atom is 0.339 e. The van der Waals surface area contributed by atoms with Gasteiger partial charge in [-0.15, -0.1) is 0 Å². The van der Waals surface area contributed by atoms with Crippen LogP contribution in [0, 0.1) is 5.82 Å². The largest absolute Gasteiger partial charge is 0.423 e. The molecule has 1 aliphatic rings. The average molecular weight is 498 g/mol. The van der Waals surface area contributed by atoms with Gasteiger partial charge in [-0.05, 0) is 61.2 Å². The third-order valence-electron chi connectivity index (χ3n) is 7.09. The van der Waals surface area contributed by atoms with E-state index in [1.165, 1.54) is 12.1 Å². The molecule has 7 nitrogen and oxygen atoms in total. The molecular weight excluding hydrogens is 469 g/mol. The van der Waals surface area contributed by atoms with Crippen LogP contribution in [0.1, 0.15) is 24.0 Å². The molecule has 188 valence electrons. The summed E-state index contributed by atoms with van der Waals surface area (Å²) in [4.78, 5) is 24.1. The van der Waals surface area contributed by atoms with Gasteiger partial charge >= 0.3 is 5.63 Å². The number of likely N-dealkylation sites (tertiary alicyclic amines) is 1. The van der Waals surface area contributed by atoms with Crippen LogP contribution in [-0.2, 0) is 13.0 Å². The summed E-state index contributed by atoms with van der Waals surface area (Å²) >= 11 is 0. The number of hydrogen-bond acceptors (Lipinski definition) is 6. The summed E-state index contributed by atoms with van der Waals surface area (Å²) in [7, 11) is 0. The minimum atomic E-state index is -0.246. The fourth-order valence-electron chi connectivity index (χ4n) is 5.03. The Hall–Kier alpha value is -4.04. The normalized spacial score (nSPS) is 14.9. The van der Waals surface area contributed by atoms with Crippen molar-refractivity contribution in [3.8, 4) is 0 Å². The lowest BCUT2D eigenvalue weighted by Crippen LogP contribution is -2.40. The number of imidazole rings is 1. The fourth-order valence-corrected chi connectivity index (χ4v) is 5.03. The Morgan fingerprint density at radius 1 is 1.03 bits per heavy atom. The molecule has 0 saturated carbocycles. The van der Waals surface area contributed by atoms with Crippen molar-refractivity contribution in [2.75, 3.05) is 25.0 Å². The SMILES string of the molecule is O=c1oc2ccccc2cc1CCN1CCC(Nc2nc3cccnc3n2Cc2ccc(F)cc2)CC1. The summed E-state index contributed by atoms with van der Waals surface area (Å²) in [5.41, 5.74) is 3.73. The summed E-state index contributed by atoms with van der Waals surface area (Å²) in [6, 6.07) is 20.2. The van der Waals surface area contributed by atoms with Gasteiger partial charge in [0.05, 0.1) is 6.54 Å². The zero-order valence-corrected chi connectivity index (χ0v) is 20.4. The zero-order valence-electron chi connectivity index (χ0n) is 20.4. The molecule has 0 radical (unpaired) electrons. The highest BCUT2D eigenvalue weighted by Gasteiger charge is 2.22.